The van der Waals surface area contributed by atoms with Gasteiger partial charge in [0.1, 0.15) is 0 Å². The zero-order valence-electron chi connectivity index (χ0n) is 12.7. The lowest BCUT2D eigenvalue weighted by atomic mass is 10.1. The second-order valence-electron chi connectivity index (χ2n) is 5.36. The van der Waals surface area contributed by atoms with Crippen molar-refractivity contribution in [1.82, 2.24) is 14.8 Å². The molecule has 0 spiro atoms. The fourth-order valence-electron chi connectivity index (χ4n) is 2.21. The van der Waals surface area contributed by atoms with Gasteiger partial charge in [-0.05, 0) is 50.1 Å². The van der Waals surface area contributed by atoms with Gasteiger partial charge in [0.2, 0.25) is 0 Å². The molecule has 0 radical (unpaired) electrons. The first kappa shape index (κ1) is 15.9. The predicted molar refractivity (Wildman–Crippen MR) is 85.8 cm³/mol. The minimum absolute atomic E-state index is 0.100. The second-order valence-corrected chi connectivity index (χ2v) is 6.37. The number of aryl methyl sites for hydroxylation is 1. The molecule has 6 heteroatoms. The zero-order chi connectivity index (χ0) is 15.4. The van der Waals surface area contributed by atoms with Crippen LogP contribution in [0.25, 0.3) is 0 Å². The van der Waals surface area contributed by atoms with Crippen LogP contribution in [0.3, 0.4) is 0 Å². The SMILES string of the molecule is CCCn1c(Sc2ccc(C)cc2CC(C)N)n[nH]c1=O. The van der Waals surface area contributed by atoms with Gasteiger partial charge in [0.05, 0.1) is 0 Å². The Hall–Kier alpha value is -1.53. The van der Waals surface area contributed by atoms with E-state index in [1.54, 1.807) is 4.57 Å². The van der Waals surface area contributed by atoms with Crippen LogP contribution in [0.5, 0.6) is 0 Å². The molecule has 1 heterocycles. The van der Waals surface area contributed by atoms with Crippen molar-refractivity contribution in [3.05, 3.63) is 39.8 Å². The third-order valence-corrected chi connectivity index (χ3v) is 4.24. The summed E-state index contributed by atoms with van der Waals surface area (Å²) in [5.74, 6) is 0. The summed E-state index contributed by atoms with van der Waals surface area (Å²) in [6, 6.07) is 6.40. The highest BCUT2D eigenvalue weighted by Gasteiger charge is 2.13. The molecule has 2 aromatic rings. The Morgan fingerprint density at radius 3 is 2.90 bits per heavy atom. The van der Waals surface area contributed by atoms with E-state index in [0.29, 0.717) is 11.7 Å². The van der Waals surface area contributed by atoms with Crippen LogP contribution in [0.15, 0.2) is 33.0 Å². The quantitative estimate of drug-likeness (QED) is 0.859. The number of hydrogen-bond donors (Lipinski definition) is 2. The molecule has 0 aliphatic heterocycles. The van der Waals surface area contributed by atoms with Crippen LogP contribution in [0.4, 0.5) is 0 Å². The van der Waals surface area contributed by atoms with E-state index >= 15 is 0 Å². The second kappa shape index (κ2) is 6.95. The average molecular weight is 306 g/mol. The van der Waals surface area contributed by atoms with E-state index in [2.05, 4.69) is 35.3 Å². The van der Waals surface area contributed by atoms with Gasteiger partial charge in [-0.2, -0.15) is 0 Å². The Kier molecular flexibility index (Phi) is 5.25. The predicted octanol–water partition coefficient (Wildman–Crippen LogP) is 2.33. The van der Waals surface area contributed by atoms with Crippen LogP contribution in [0, 0.1) is 6.92 Å². The molecule has 0 amide bonds. The van der Waals surface area contributed by atoms with Crippen LogP contribution in [0.1, 0.15) is 31.4 Å². The van der Waals surface area contributed by atoms with Crippen LogP contribution in [-0.4, -0.2) is 20.8 Å². The normalized spacial score (nSPS) is 12.6. The Labute approximate surface area is 128 Å². The van der Waals surface area contributed by atoms with E-state index in [1.165, 1.54) is 22.9 Å². The van der Waals surface area contributed by atoms with E-state index in [4.69, 9.17) is 5.73 Å². The Morgan fingerprint density at radius 2 is 2.24 bits per heavy atom. The number of hydrogen-bond acceptors (Lipinski definition) is 4. The van der Waals surface area contributed by atoms with Crippen molar-refractivity contribution in [2.75, 3.05) is 0 Å². The summed E-state index contributed by atoms with van der Waals surface area (Å²) in [4.78, 5) is 12.9. The third-order valence-electron chi connectivity index (χ3n) is 3.13. The van der Waals surface area contributed by atoms with Crippen molar-refractivity contribution in [2.24, 2.45) is 5.73 Å². The first-order valence-corrected chi connectivity index (χ1v) is 8.01. The smallest absolute Gasteiger partial charge is 0.328 e. The van der Waals surface area contributed by atoms with Gasteiger partial charge < -0.3 is 5.73 Å². The van der Waals surface area contributed by atoms with Gasteiger partial charge >= 0.3 is 5.69 Å². The van der Waals surface area contributed by atoms with Crippen LogP contribution in [0.2, 0.25) is 0 Å². The van der Waals surface area contributed by atoms with Gasteiger partial charge in [-0.3, -0.25) is 4.57 Å². The monoisotopic (exact) mass is 306 g/mol. The van der Waals surface area contributed by atoms with Gasteiger partial charge in [-0.1, -0.05) is 24.6 Å². The van der Waals surface area contributed by atoms with E-state index < -0.39 is 0 Å². The van der Waals surface area contributed by atoms with Crippen molar-refractivity contribution in [1.29, 1.82) is 0 Å². The maximum atomic E-state index is 11.7. The van der Waals surface area contributed by atoms with Gasteiger partial charge in [0, 0.05) is 17.5 Å². The van der Waals surface area contributed by atoms with Crippen molar-refractivity contribution >= 4 is 11.8 Å². The number of aromatic amines is 1. The molecule has 1 atom stereocenters. The molecule has 3 N–H and O–H groups in total. The van der Waals surface area contributed by atoms with Crippen molar-refractivity contribution in [3.8, 4) is 0 Å². The lowest BCUT2D eigenvalue weighted by molar-refractivity contribution is 0.603. The highest BCUT2D eigenvalue weighted by atomic mass is 32.2. The molecule has 114 valence electrons. The molecule has 1 aromatic heterocycles. The fraction of sp³-hybridized carbons (Fsp3) is 0.467. The Bertz CT molecular complexity index is 660. The number of aromatic nitrogens is 3. The fourth-order valence-corrected chi connectivity index (χ4v) is 3.20. The molecule has 0 bridgehead atoms. The number of H-pyrrole nitrogens is 1. The summed E-state index contributed by atoms with van der Waals surface area (Å²) in [6.07, 6.45) is 1.71. The Morgan fingerprint density at radius 1 is 1.48 bits per heavy atom. The van der Waals surface area contributed by atoms with Gasteiger partial charge in [-0.25, -0.2) is 9.89 Å². The summed E-state index contributed by atoms with van der Waals surface area (Å²) in [7, 11) is 0. The standard InChI is InChI=1S/C15H22N4OS/c1-4-7-19-14(20)17-18-15(19)21-13-6-5-10(2)8-12(13)9-11(3)16/h5-6,8,11H,4,7,9,16H2,1-3H3,(H,17,20). The molecule has 0 aliphatic carbocycles. The number of nitrogens with one attached hydrogen (secondary N) is 1. The number of nitrogens with zero attached hydrogens (tertiary/aromatic N) is 2. The summed E-state index contributed by atoms with van der Waals surface area (Å²) in [6.45, 7) is 6.78. The van der Waals surface area contributed by atoms with E-state index in [1.807, 2.05) is 13.8 Å². The molecule has 5 nitrogen and oxygen atoms in total. The van der Waals surface area contributed by atoms with Gasteiger partial charge in [-0.15, -0.1) is 5.10 Å². The van der Waals surface area contributed by atoms with E-state index in [-0.39, 0.29) is 11.7 Å². The highest BCUT2D eigenvalue weighted by Crippen LogP contribution is 2.30. The third kappa shape index (κ3) is 3.98. The maximum absolute atomic E-state index is 11.7. The molecule has 0 saturated heterocycles. The summed E-state index contributed by atoms with van der Waals surface area (Å²) < 4.78 is 1.68. The maximum Gasteiger partial charge on any atom is 0.343 e. The average Bonchev–Trinajstić information content (AvgIpc) is 2.74. The molecule has 0 saturated carbocycles. The lowest BCUT2D eigenvalue weighted by Crippen LogP contribution is -2.18. The van der Waals surface area contributed by atoms with Crippen LogP contribution < -0.4 is 11.4 Å². The van der Waals surface area contributed by atoms with Crippen molar-refractivity contribution in [2.45, 2.75) is 56.3 Å². The van der Waals surface area contributed by atoms with Crippen LogP contribution >= 0.6 is 11.8 Å². The molecular formula is C15H22N4OS. The van der Waals surface area contributed by atoms with E-state index in [9.17, 15) is 4.79 Å². The van der Waals surface area contributed by atoms with Crippen molar-refractivity contribution in [3.63, 3.8) is 0 Å². The first-order chi connectivity index (χ1) is 10.0. The summed E-state index contributed by atoms with van der Waals surface area (Å²) in [5.41, 5.74) is 8.19. The molecular weight excluding hydrogens is 284 g/mol. The summed E-state index contributed by atoms with van der Waals surface area (Å²) in [5, 5.41) is 7.36. The molecule has 1 aromatic carbocycles. The molecule has 2 rings (SSSR count). The Balaban J connectivity index is 2.33. The minimum Gasteiger partial charge on any atom is -0.328 e. The molecule has 1 unspecified atom stereocenters. The number of rotatable bonds is 6. The topological polar surface area (TPSA) is 76.7 Å². The summed E-state index contributed by atoms with van der Waals surface area (Å²) >= 11 is 1.52. The van der Waals surface area contributed by atoms with Crippen LogP contribution in [-0.2, 0) is 13.0 Å². The zero-order valence-corrected chi connectivity index (χ0v) is 13.5. The van der Waals surface area contributed by atoms with Gasteiger partial charge in [0.15, 0.2) is 5.16 Å². The lowest BCUT2D eigenvalue weighted by Gasteiger charge is -2.12. The molecule has 0 fully saturated rings. The van der Waals surface area contributed by atoms with Gasteiger partial charge in [0.25, 0.3) is 0 Å². The number of nitrogens with two attached hydrogens (primary N) is 1. The molecule has 0 aliphatic rings. The first-order valence-electron chi connectivity index (χ1n) is 7.19. The highest BCUT2D eigenvalue weighted by molar-refractivity contribution is 7.99. The van der Waals surface area contributed by atoms with Crippen molar-refractivity contribution < 1.29 is 0 Å². The minimum atomic E-state index is -0.153. The molecule has 21 heavy (non-hydrogen) atoms. The van der Waals surface area contributed by atoms with E-state index in [0.717, 1.165) is 17.7 Å². The largest absolute Gasteiger partial charge is 0.343 e. The number of benzene rings is 1.